The summed E-state index contributed by atoms with van der Waals surface area (Å²) in [5.41, 5.74) is 8.17. The van der Waals surface area contributed by atoms with Crippen LogP contribution in [0.1, 0.15) is 24.1 Å². The van der Waals surface area contributed by atoms with Crippen LogP contribution in [0.25, 0.3) is 0 Å². The van der Waals surface area contributed by atoms with Crippen LogP contribution in [-0.4, -0.2) is 26.1 Å². The average Bonchev–Trinajstić information content (AvgIpc) is 2.16. The lowest BCUT2D eigenvalue weighted by molar-refractivity contribution is 0.371. The highest BCUT2D eigenvalue weighted by Gasteiger charge is 2.07. The van der Waals surface area contributed by atoms with E-state index in [4.69, 9.17) is 10.5 Å². The SMILES string of the molecule is COc1ccc([C@H](C)N)cc1CN(C)C. The molecule has 0 fully saturated rings. The van der Waals surface area contributed by atoms with Crippen molar-refractivity contribution < 1.29 is 4.74 Å². The van der Waals surface area contributed by atoms with Crippen molar-refractivity contribution in [2.45, 2.75) is 19.5 Å². The number of rotatable bonds is 4. The van der Waals surface area contributed by atoms with Gasteiger partial charge in [0.1, 0.15) is 5.75 Å². The van der Waals surface area contributed by atoms with Crippen LogP contribution in [0.4, 0.5) is 0 Å². The predicted octanol–water partition coefficient (Wildman–Crippen LogP) is 1.78. The summed E-state index contributed by atoms with van der Waals surface area (Å²) in [7, 11) is 5.77. The molecular formula is C12H20N2O. The van der Waals surface area contributed by atoms with Gasteiger partial charge in [-0.15, -0.1) is 0 Å². The lowest BCUT2D eigenvalue weighted by atomic mass is 10.0. The van der Waals surface area contributed by atoms with Crippen LogP contribution in [0.5, 0.6) is 5.75 Å². The van der Waals surface area contributed by atoms with Crippen molar-refractivity contribution in [3.63, 3.8) is 0 Å². The van der Waals surface area contributed by atoms with Crippen molar-refractivity contribution in [3.8, 4) is 5.75 Å². The van der Waals surface area contributed by atoms with Gasteiger partial charge in [0.2, 0.25) is 0 Å². The molecule has 1 aromatic rings. The molecule has 1 atom stereocenters. The van der Waals surface area contributed by atoms with Crippen molar-refractivity contribution in [2.75, 3.05) is 21.2 Å². The molecule has 0 heterocycles. The first-order valence-electron chi connectivity index (χ1n) is 5.11. The van der Waals surface area contributed by atoms with E-state index in [-0.39, 0.29) is 6.04 Å². The number of methoxy groups -OCH3 is 1. The molecule has 84 valence electrons. The van der Waals surface area contributed by atoms with Gasteiger partial charge in [-0.3, -0.25) is 0 Å². The number of nitrogens with zero attached hydrogens (tertiary/aromatic N) is 1. The van der Waals surface area contributed by atoms with Gasteiger partial charge in [-0.1, -0.05) is 6.07 Å². The van der Waals surface area contributed by atoms with Gasteiger partial charge in [-0.05, 0) is 38.7 Å². The van der Waals surface area contributed by atoms with Gasteiger partial charge in [0.25, 0.3) is 0 Å². The van der Waals surface area contributed by atoms with Crippen LogP contribution < -0.4 is 10.5 Å². The molecule has 0 aromatic heterocycles. The zero-order valence-corrected chi connectivity index (χ0v) is 9.95. The molecule has 1 aromatic carbocycles. The summed E-state index contributed by atoms with van der Waals surface area (Å²) >= 11 is 0. The summed E-state index contributed by atoms with van der Waals surface area (Å²) in [5.74, 6) is 0.924. The fourth-order valence-electron chi connectivity index (χ4n) is 1.55. The molecule has 3 nitrogen and oxygen atoms in total. The van der Waals surface area contributed by atoms with Gasteiger partial charge < -0.3 is 15.4 Å². The summed E-state index contributed by atoms with van der Waals surface area (Å²) in [5, 5.41) is 0. The zero-order valence-electron chi connectivity index (χ0n) is 9.95. The highest BCUT2D eigenvalue weighted by atomic mass is 16.5. The molecular weight excluding hydrogens is 188 g/mol. The highest BCUT2D eigenvalue weighted by Crippen LogP contribution is 2.23. The minimum Gasteiger partial charge on any atom is -0.496 e. The van der Waals surface area contributed by atoms with Crippen LogP contribution in [0, 0.1) is 0 Å². The van der Waals surface area contributed by atoms with E-state index in [1.54, 1.807) is 7.11 Å². The van der Waals surface area contributed by atoms with E-state index in [9.17, 15) is 0 Å². The Morgan fingerprint density at radius 3 is 2.53 bits per heavy atom. The fourth-order valence-corrected chi connectivity index (χ4v) is 1.55. The van der Waals surface area contributed by atoms with E-state index >= 15 is 0 Å². The molecule has 0 aliphatic rings. The molecule has 0 unspecified atom stereocenters. The fraction of sp³-hybridized carbons (Fsp3) is 0.500. The number of hydrogen-bond donors (Lipinski definition) is 1. The van der Waals surface area contributed by atoms with Crippen molar-refractivity contribution in [3.05, 3.63) is 29.3 Å². The normalized spacial score (nSPS) is 12.9. The Labute approximate surface area is 91.8 Å². The first kappa shape index (κ1) is 12.0. The van der Waals surface area contributed by atoms with E-state index < -0.39 is 0 Å². The molecule has 0 radical (unpaired) electrons. The van der Waals surface area contributed by atoms with E-state index in [0.717, 1.165) is 17.9 Å². The Bertz CT molecular complexity index is 321. The maximum absolute atomic E-state index is 5.85. The first-order valence-corrected chi connectivity index (χ1v) is 5.11. The van der Waals surface area contributed by atoms with Crippen molar-refractivity contribution in [1.82, 2.24) is 4.90 Å². The molecule has 0 saturated heterocycles. The molecule has 0 bridgehead atoms. The monoisotopic (exact) mass is 208 g/mol. The van der Waals surface area contributed by atoms with Crippen molar-refractivity contribution in [2.24, 2.45) is 5.73 Å². The Morgan fingerprint density at radius 1 is 1.40 bits per heavy atom. The Morgan fingerprint density at radius 2 is 2.07 bits per heavy atom. The summed E-state index contributed by atoms with van der Waals surface area (Å²) < 4.78 is 5.31. The summed E-state index contributed by atoms with van der Waals surface area (Å²) in [4.78, 5) is 2.11. The third-order valence-corrected chi connectivity index (χ3v) is 2.32. The van der Waals surface area contributed by atoms with Crippen molar-refractivity contribution in [1.29, 1.82) is 0 Å². The van der Waals surface area contributed by atoms with Gasteiger partial charge in [-0.2, -0.15) is 0 Å². The molecule has 2 N–H and O–H groups in total. The quantitative estimate of drug-likeness (QED) is 0.819. The molecule has 0 aliphatic carbocycles. The molecule has 15 heavy (non-hydrogen) atoms. The molecule has 3 heteroatoms. The van der Waals surface area contributed by atoms with Crippen LogP contribution in [0.3, 0.4) is 0 Å². The highest BCUT2D eigenvalue weighted by molar-refractivity contribution is 5.38. The van der Waals surface area contributed by atoms with Crippen LogP contribution in [0.15, 0.2) is 18.2 Å². The zero-order chi connectivity index (χ0) is 11.4. The maximum atomic E-state index is 5.85. The molecule has 0 spiro atoms. The van der Waals surface area contributed by atoms with Crippen molar-refractivity contribution >= 4 is 0 Å². The molecule has 1 rings (SSSR count). The third kappa shape index (κ3) is 3.22. The van der Waals surface area contributed by atoms with E-state index in [2.05, 4.69) is 11.0 Å². The third-order valence-electron chi connectivity index (χ3n) is 2.32. The molecule has 0 amide bonds. The van der Waals surface area contributed by atoms with Crippen LogP contribution >= 0.6 is 0 Å². The van der Waals surface area contributed by atoms with Gasteiger partial charge in [0, 0.05) is 18.2 Å². The van der Waals surface area contributed by atoms with Crippen LogP contribution in [-0.2, 0) is 6.54 Å². The summed E-state index contributed by atoms with van der Waals surface area (Å²) in [6.07, 6.45) is 0. The topological polar surface area (TPSA) is 38.5 Å². The number of nitrogens with two attached hydrogens (primary N) is 1. The second-order valence-electron chi connectivity index (χ2n) is 4.10. The van der Waals surface area contributed by atoms with Gasteiger partial charge in [0.15, 0.2) is 0 Å². The smallest absolute Gasteiger partial charge is 0.123 e. The maximum Gasteiger partial charge on any atom is 0.123 e. The van der Waals surface area contributed by atoms with E-state index in [1.165, 1.54) is 5.56 Å². The summed E-state index contributed by atoms with van der Waals surface area (Å²) in [6.45, 7) is 2.85. The standard InChI is InChI=1S/C12H20N2O/c1-9(13)10-5-6-12(15-4)11(7-10)8-14(2)3/h5-7,9H,8,13H2,1-4H3/t9-/m0/s1. The summed E-state index contributed by atoms with van der Waals surface area (Å²) in [6, 6.07) is 6.18. The number of hydrogen-bond acceptors (Lipinski definition) is 3. The van der Waals surface area contributed by atoms with Gasteiger partial charge in [0.05, 0.1) is 7.11 Å². The Balaban J connectivity index is 3.02. The minimum absolute atomic E-state index is 0.0665. The number of benzene rings is 1. The largest absolute Gasteiger partial charge is 0.496 e. The number of ether oxygens (including phenoxy) is 1. The first-order chi connectivity index (χ1) is 7.04. The average molecular weight is 208 g/mol. The second-order valence-corrected chi connectivity index (χ2v) is 4.10. The Kier molecular flexibility index (Phi) is 4.12. The lowest BCUT2D eigenvalue weighted by Gasteiger charge is -2.16. The van der Waals surface area contributed by atoms with E-state index in [1.807, 2.05) is 33.2 Å². The van der Waals surface area contributed by atoms with E-state index in [0.29, 0.717) is 0 Å². The Hall–Kier alpha value is -1.06. The minimum atomic E-state index is 0.0665. The second kappa shape index (κ2) is 5.14. The molecule has 0 aliphatic heterocycles. The van der Waals surface area contributed by atoms with Crippen LogP contribution in [0.2, 0.25) is 0 Å². The molecule has 0 saturated carbocycles. The van der Waals surface area contributed by atoms with Gasteiger partial charge in [-0.25, -0.2) is 0 Å². The predicted molar refractivity (Wildman–Crippen MR) is 63.0 cm³/mol. The van der Waals surface area contributed by atoms with Gasteiger partial charge >= 0.3 is 0 Å². The lowest BCUT2D eigenvalue weighted by Crippen LogP contribution is -2.13.